The highest BCUT2D eigenvalue weighted by molar-refractivity contribution is 6.02. The van der Waals surface area contributed by atoms with Gasteiger partial charge in [0.25, 0.3) is 0 Å². The normalized spacial score (nSPS) is 11.7. The van der Waals surface area contributed by atoms with Crippen molar-refractivity contribution in [1.82, 2.24) is 0 Å². The minimum atomic E-state index is -0.738. The fourth-order valence-electron chi connectivity index (χ4n) is 2.10. The molecule has 0 fully saturated rings. The summed E-state index contributed by atoms with van der Waals surface area (Å²) in [6, 6.07) is 15.2. The number of nitriles is 1. The van der Waals surface area contributed by atoms with E-state index in [0.717, 1.165) is 22.3 Å². The van der Waals surface area contributed by atoms with Crippen molar-refractivity contribution in [2.75, 3.05) is 0 Å². The molecule has 20 heavy (non-hydrogen) atoms. The van der Waals surface area contributed by atoms with Gasteiger partial charge in [0.05, 0.1) is 6.07 Å². The van der Waals surface area contributed by atoms with Crippen LogP contribution in [0.1, 0.15) is 38.5 Å². The highest BCUT2D eigenvalue weighted by atomic mass is 16.1. The molecule has 0 N–H and O–H groups in total. The lowest BCUT2D eigenvalue weighted by molar-refractivity contribution is 0.0979. The predicted octanol–water partition coefficient (Wildman–Crippen LogP) is 4.10. The molecule has 0 aliphatic heterocycles. The summed E-state index contributed by atoms with van der Waals surface area (Å²) in [5.41, 5.74) is 4.67. The Kier molecular flexibility index (Phi) is 4.00. The third-order valence-corrected chi connectivity index (χ3v) is 3.59. The van der Waals surface area contributed by atoms with Crippen molar-refractivity contribution in [2.45, 2.75) is 26.7 Å². The maximum Gasteiger partial charge on any atom is 0.184 e. The first-order valence-corrected chi connectivity index (χ1v) is 6.60. The van der Waals surface area contributed by atoms with Crippen LogP contribution in [0.15, 0.2) is 42.5 Å². The Balaban J connectivity index is 2.36. The van der Waals surface area contributed by atoms with Crippen LogP contribution in [-0.2, 0) is 0 Å². The van der Waals surface area contributed by atoms with Gasteiger partial charge in [-0.2, -0.15) is 5.26 Å². The molecule has 0 saturated heterocycles. The first-order valence-electron chi connectivity index (χ1n) is 6.60. The minimum absolute atomic E-state index is 0.139. The summed E-state index contributed by atoms with van der Waals surface area (Å²) >= 11 is 0. The Morgan fingerprint density at radius 3 is 2.20 bits per heavy atom. The van der Waals surface area contributed by atoms with E-state index in [1.165, 1.54) is 0 Å². The second-order valence-electron chi connectivity index (χ2n) is 5.14. The molecule has 0 aliphatic rings. The second kappa shape index (κ2) is 5.71. The van der Waals surface area contributed by atoms with E-state index in [2.05, 4.69) is 6.07 Å². The average molecular weight is 263 g/mol. The molecule has 0 bridgehead atoms. The predicted molar refractivity (Wildman–Crippen MR) is 79.8 cm³/mol. The Bertz CT molecular complexity index is 678. The molecule has 2 aromatic rings. The molecule has 0 radical (unpaired) electrons. The zero-order valence-corrected chi connectivity index (χ0v) is 12.0. The van der Waals surface area contributed by atoms with Gasteiger partial charge in [-0.15, -0.1) is 0 Å². The third kappa shape index (κ3) is 2.78. The van der Waals surface area contributed by atoms with Gasteiger partial charge in [-0.3, -0.25) is 4.79 Å². The Morgan fingerprint density at radius 1 is 1.00 bits per heavy atom. The molecule has 1 unspecified atom stereocenters. The Morgan fingerprint density at radius 2 is 1.65 bits per heavy atom. The fraction of sp³-hybridized carbons (Fsp3) is 0.222. The van der Waals surface area contributed by atoms with Crippen molar-refractivity contribution in [1.29, 1.82) is 5.26 Å². The third-order valence-electron chi connectivity index (χ3n) is 3.59. The molecule has 2 aromatic carbocycles. The molecular formula is C18H17NO. The summed E-state index contributed by atoms with van der Waals surface area (Å²) in [6.45, 7) is 5.96. The van der Waals surface area contributed by atoms with Gasteiger partial charge in [-0.05, 0) is 43.5 Å². The van der Waals surface area contributed by atoms with Gasteiger partial charge in [0.1, 0.15) is 5.92 Å². The quantitative estimate of drug-likeness (QED) is 0.782. The van der Waals surface area contributed by atoms with Gasteiger partial charge in [-0.1, -0.05) is 42.0 Å². The van der Waals surface area contributed by atoms with Crippen molar-refractivity contribution >= 4 is 5.78 Å². The van der Waals surface area contributed by atoms with Crippen LogP contribution in [-0.4, -0.2) is 5.78 Å². The van der Waals surface area contributed by atoms with Crippen LogP contribution in [0.25, 0.3) is 0 Å². The Labute approximate surface area is 119 Å². The van der Waals surface area contributed by atoms with Crippen LogP contribution >= 0.6 is 0 Å². The number of carbonyl (C=O) groups excluding carboxylic acids is 1. The van der Waals surface area contributed by atoms with Crippen molar-refractivity contribution in [3.8, 4) is 6.07 Å². The molecule has 2 nitrogen and oxygen atoms in total. The molecular weight excluding hydrogens is 246 g/mol. The van der Waals surface area contributed by atoms with E-state index >= 15 is 0 Å². The van der Waals surface area contributed by atoms with Crippen molar-refractivity contribution in [2.24, 2.45) is 0 Å². The second-order valence-corrected chi connectivity index (χ2v) is 5.14. The number of hydrogen-bond donors (Lipinski definition) is 0. The number of carbonyl (C=O) groups is 1. The maximum atomic E-state index is 12.5. The molecule has 0 aromatic heterocycles. The molecule has 1 atom stereocenters. The molecule has 0 saturated carbocycles. The summed E-state index contributed by atoms with van der Waals surface area (Å²) < 4.78 is 0. The summed E-state index contributed by atoms with van der Waals surface area (Å²) in [7, 11) is 0. The molecule has 0 spiro atoms. The largest absolute Gasteiger partial charge is 0.292 e. The number of nitrogens with zero attached hydrogens (tertiary/aromatic N) is 1. The van der Waals surface area contributed by atoms with Crippen LogP contribution in [0.4, 0.5) is 0 Å². The van der Waals surface area contributed by atoms with Crippen molar-refractivity contribution in [3.63, 3.8) is 0 Å². The summed E-state index contributed by atoms with van der Waals surface area (Å²) in [5.74, 6) is -0.878. The number of ketones is 1. The van der Waals surface area contributed by atoms with Crippen LogP contribution in [0.2, 0.25) is 0 Å². The van der Waals surface area contributed by atoms with E-state index in [1.54, 1.807) is 6.07 Å². The van der Waals surface area contributed by atoms with Gasteiger partial charge in [-0.25, -0.2) is 0 Å². The molecule has 2 rings (SSSR count). The van der Waals surface area contributed by atoms with E-state index in [0.29, 0.717) is 5.56 Å². The van der Waals surface area contributed by atoms with Crippen LogP contribution in [0, 0.1) is 32.1 Å². The molecule has 0 aliphatic carbocycles. The first kappa shape index (κ1) is 14.0. The van der Waals surface area contributed by atoms with Crippen LogP contribution < -0.4 is 0 Å². The molecule has 0 amide bonds. The number of hydrogen-bond acceptors (Lipinski definition) is 2. The average Bonchev–Trinajstić information content (AvgIpc) is 2.44. The lowest BCUT2D eigenvalue weighted by atomic mass is 9.90. The van der Waals surface area contributed by atoms with E-state index in [9.17, 15) is 10.1 Å². The van der Waals surface area contributed by atoms with Crippen molar-refractivity contribution in [3.05, 3.63) is 70.3 Å². The lowest BCUT2D eigenvalue weighted by Crippen LogP contribution is -2.11. The number of benzene rings is 2. The zero-order chi connectivity index (χ0) is 14.7. The summed E-state index contributed by atoms with van der Waals surface area (Å²) in [5, 5.41) is 9.33. The summed E-state index contributed by atoms with van der Waals surface area (Å²) in [6.07, 6.45) is 0. The van der Waals surface area contributed by atoms with E-state index in [4.69, 9.17) is 0 Å². The van der Waals surface area contributed by atoms with E-state index < -0.39 is 5.92 Å². The lowest BCUT2D eigenvalue weighted by Gasteiger charge is -2.10. The van der Waals surface area contributed by atoms with Crippen molar-refractivity contribution < 1.29 is 4.79 Å². The standard InChI is InChI=1S/C18H17NO/c1-12-4-7-15(8-5-12)17(11-19)18(20)16-9-6-13(2)14(3)10-16/h4-10,17H,1-3H3. The van der Waals surface area contributed by atoms with E-state index in [1.807, 2.05) is 57.2 Å². The monoisotopic (exact) mass is 263 g/mol. The number of aryl methyl sites for hydroxylation is 3. The van der Waals surface area contributed by atoms with Gasteiger partial charge in [0, 0.05) is 5.56 Å². The molecule has 100 valence electrons. The van der Waals surface area contributed by atoms with Gasteiger partial charge >= 0.3 is 0 Å². The number of rotatable bonds is 3. The van der Waals surface area contributed by atoms with Crippen LogP contribution in [0.5, 0.6) is 0 Å². The zero-order valence-electron chi connectivity index (χ0n) is 12.0. The molecule has 0 heterocycles. The highest BCUT2D eigenvalue weighted by Gasteiger charge is 2.21. The maximum absolute atomic E-state index is 12.5. The van der Waals surface area contributed by atoms with Gasteiger partial charge in [0.15, 0.2) is 5.78 Å². The molecule has 2 heteroatoms. The van der Waals surface area contributed by atoms with Crippen LogP contribution in [0.3, 0.4) is 0 Å². The highest BCUT2D eigenvalue weighted by Crippen LogP contribution is 2.22. The smallest absolute Gasteiger partial charge is 0.184 e. The fourth-order valence-corrected chi connectivity index (χ4v) is 2.10. The SMILES string of the molecule is Cc1ccc(C(C#N)C(=O)c2ccc(C)c(C)c2)cc1. The van der Waals surface area contributed by atoms with E-state index in [-0.39, 0.29) is 5.78 Å². The minimum Gasteiger partial charge on any atom is -0.292 e. The van der Waals surface area contributed by atoms with Gasteiger partial charge < -0.3 is 0 Å². The number of Topliss-reactive ketones (excluding diaryl/α,β-unsaturated/α-hetero) is 1. The Hall–Kier alpha value is -2.40. The summed E-state index contributed by atoms with van der Waals surface area (Å²) in [4.78, 5) is 12.5. The van der Waals surface area contributed by atoms with Gasteiger partial charge in [0.2, 0.25) is 0 Å². The topological polar surface area (TPSA) is 40.9 Å². The first-order chi connectivity index (χ1) is 9.52.